The molecule has 5 nitrogen and oxygen atoms in total. The highest BCUT2D eigenvalue weighted by atomic mass is 15.5. The van der Waals surface area contributed by atoms with Gasteiger partial charge in [-0.1, -0.05) is 27.2 Å². The van der Waals surface area contributed by atoms with E-state index in [4.69, 9.17) is 0 Å². The monoisotopic (exact) mass is 277 g/mol. The molecule has 0 atom stereocenters. The number of hydrogen-bond acceptors (Lipinski definition) is 5. The summed E-state index contributed by atoms with van der Waals surface area (Å²) in [5, 5.41) is 5.62. The zero-order valence-corrected chi connectivity index (χ0v) is 12.9. The molecule has 0 radical (unpaired) electrons. The predicted molar refractivity (Wildman–Crippen MR) is 83.9 cm³/mol. The van der Waals surface area contributed by atoms with E-state index in [9.17, 15) is 0 Å². The van der Waals surface area contributed by atoms with Crippen LogP contribution in [0.1, 0.15) is 58.2 Å². The maximum absolute atomic E-state index is 4.63. The second kappa shape index (κ2) is 7.43. The summed E-state index contributed by atoms with van der Waals surface area (Å²) in [7, 11) is 0. The predicted octanol–water partition coefficient (Wildman–Crippen LogP) is 3.23. The van der Waals surface area contributed by atoms with Gasteiger partial charge in [0, 0.05) is 31.6 Å². The Balaban J connectivity index is 2.10. The molecule has 1 aliphatic rings. The molecule has 0 aliphatic carbocycles. The minimum atomic E-state index is 0.334. The van der Waals surface area contributed by atoms with Crippen molar-refractivity contribution in [1.29, 1.82) is 0 Å². The van der Waals surface area contributed by atoms with E-state index in [1.54, 1.807) is 0 Å². The summed E-state index contributed by atoms with van der Waals surface area (Å²) in [5.74, 6) is 3.06. The molecule has 112 valence electrons. The van der Waals surface area contributed by atoms with E-state index in [1.165, 1.54) is 19.3 Å². The lowest BCUT2D eigenvalue weighted by Gasteiger charge is -2.27. The van der Waals surface area contributed by atoms with Gasteiger partial charge in [0.05, 0.1) is 0 Å². The Labute approximate surface area is 122 Å². The van der Waals surface area contributed by atoms with E-state index in [0.29, 0.717) is 5.92 Å². The third-order valence-corrected chi connectivity index (χ3v) is 3.44. The molecule has 0 saturated carbocycles. The van der Waals surface area contributed by atoms with E-state index in [-0.39, 0.29) is 0 Å². The van der Waals surface area contributed by atoms with Crippen LogP contribution in [0, 0.1) is 0 Å². The SMILES string of the molecule is CCCNc1cc(NN2CCCCC2)nc(C(C)C)n1. The Morgan fingerprint density at radius 2 is 1.85 bits per heavy atom. The third kappa shape index (κ3) is 4.34. The second-order valence-corrected chi connectivity index (χ2v) is 5.74. The number of hydrazine groups is 1. The van der Waals surface area contributed by atoms with Gasteiger partial charge in [-0.25, -0.2) is 15.0 Å². The van der Waals surface area contributed by atoms with Crippen LogP contribution in [-0.2, 0) is 0 Å². The number of nitrogens with one attached hydrogen (secondary N) is 2. The average Bonchev–Trinajstić information content (AvgIpc) is 2.46. The number of hydrogen-bond donors (Lipinski definition) is 2. The fraction of sp³-hybridized carbons (Fsp3) is 0.733. The topological polar surface area (TPSA) is 53.1 Å². The van der Waals surface area contributed by atoms with Gasteiger partial charge in [0.25, 0.3) is 0 Å². The maximum Gasteiger partial charge on any atom is 0.146 e. The Kier molecular flexibility index (Phi) is 5.59. The summed E-state index contributed by atoms with van der Waals surface area (Å²) in [5.41, 5.74) is 3.44. The first-order chi connectivity index (χ1) is 9.69. The maximum atomic E-state index is 4.63. The van der Waals surface area contributed by atoms with Gasteiger partial charge in [0.2, 0.25) is 0 Å². The molecule has 2 heterocycles. The molecule has 2 N–H and O–H groups in total. The molecule has 1 aliphatic heterocycles. The Bertz CT molecular complexity index is 413. The van der Waals surface area contributed by atoms with E-state index in [2.05, 4.69) is 46.5 Å². The minimum Gasteiger partial charge on any atom is -0.370 e. The van der Waals surface area contributed by atoms with Gasteiger partial charge in [-0.2, -0.15) is 0 Å². The molecule has 1 aromatic rings. The van der Waals surface area contributed by atoms with Gasteiger partial charge in [-0.05, 0) is 19.3 Å². The Morgan fingerprint density at radius 3 is 2.50 bits per heavy atom. The molecule has 0 spiro atoms. The summed E-state index contributed by atoms with van der Waals surface area (Å²) >= 11 is 0. The summed E-state index contributed by atoms with van der Waals surface area (Å²) < 4.78 is 0. The van der Waals surface area contributed by atoms with E-state index >= 15 is 0 Å². The van der Waals surface area contributed by atoms with Crippen molar-refractivity contribution in [2.45, 2.75) is 52.4 Å². The highest BCUT2D eigenvalue weighted by Gasteiger charge is 2.13. The van der Waals surface area contributed by atoms with Crippen LogP contribution < -0.4 is 10.7 Å². The van der Waals surface area contributed by atoms with Crippen LogP contribution in [0.3, 0.4) is 0 Å². The standard InChI is InChI=1S/C15H27N5/c1-4-8-16-13-11-14(18-15(17-13)12(2)3)19-20-9-6-5-7-10-20/h11-12H,4-10H2,1-3H3,(H2,16,17,18,19). The van der Waals surface area contributed by atoms with Gasteiger partial charge in [0.1, 0.15) is 17.5 Å². The summed E-state index contributed by atoms with van der Waals surface area (Å²) in [6, 6.07) is 2.01. The molecule has 1 saturated heterocycles. The molecular weight excluding hydrogens is 250 g/mol. The Hall–Kier alpha value is -1.36. The number of piperidine rings is 1. The molecule has 1 fully saturated rings. The van der Waals surface area contributed by atoms with Gasteiger partial charge < -0.3 is 10.7 Å². The number of rotatable bonds is 6. The van der Waals surface area contributed by atoms with Gasteiger partial charge >= 0.3 is 0 Å². The fourth-order valence-corrected chi connectivity index (χ4v) is 2.29. The first-order valence-corrected chi connectivity index (χ1v) is 7.83. The van der Waals surface area contributed by atoms with Crippen molar-refractivity contribution in [3.63, 3.8) is 0 Å². The normalized spacial score (nSPS) is 16.4. The quantitative estimate of drug-likeness (QED) is 0.836. The lowest BCUT2D eigenvalue weighted by atomic mass is 10.2. The highest BCUT2D eigenvalue weighted by molar-refractivity contribution is 5.47. The van der Waals surface area contributed by atoms with Crippen molar-refractivity contribution in [2.24, 2.45) is 0 Å². The molecule has 5 heteroatoms. The molecule has 0 amide bonds. The second-order valence-electron chi connectivity index (χ2n) is 5.74. The largest absolute Gasteiger partial charge is 0.370 e. The molecule has 0 unspecified atom stereocenters. The lowest BCUT2D eigenvalue weighted by molar-refractivity contribution is 0.272. The third-order valence-electron chi connectivity index (χ3n) is 3.44. The van der Waals surface area contributed by atoms with E-state index in [1.807, 2.05) is 6.07 Å². The fourth-order valence-electron chi connectivity index (χ4n) is 2.29. The first-order valence-electron chi connectivity index (χ1n) is 7.83. The van der Waals surface area contributed by atoms with Crippen molar-refractivity contribution >= 4 is 11.6 Å². The molecule has 0 bridgehead atoms. The van der Waals surface area contributed by atoms with Crippen LogP contribution in [0.4, 0.5) is 11.6 Å². The van der Waals surface area contributed by atoms with Crippen LogP contribution in [0.15, 0.2) is 6.07 Å². The minimum absolute atomic E-state index is 0.334. The van der Waals surface area contributed by atoms with Crippen LogP contribution in [0.2, 0.25) is 0 Å². The molecule has 1 aromatic heterocycles. The smallest absolute Gasteiger partial charge is 0.146 e. The number of nitrogens with zero attached hydrogens (tertiary/aromatic N) is 3. The van der Waals surface area contributed by atoms with Crippen molar-refractivity contribution in [3.05, 3.63) is 11.9 Å². The van der Waals surface area contributed by atoms with Crippen LogP contribution >= 0.6 is 0 Å². The molecule has 2 rings (SSSR count). The van der Waals surface area contributed by atoms with Crippen molar-refractivity contribution < 1.29 is 0 Å². The average molecular weight is 277 g/mol. The first kappa shape index (κ1) is 15.0. The zero-order valence-electron chi connectivity index (χ0n) is 12.9. The number of anilines is 2. The van der Waals surface area contributed by atoms with Gasteiger partial charge in [-0.3, -0.25) is 0 Å². The Morgan fingerprint density at radius 1 is 1.15 bits per heavy atom. The highest BCUT2D eigenvalue weighted by Crippen LogP contribution is 2.18. The molecule has 20 heavy (non-hydrogen) atoms. The van der Waals surface area contributed by atoms with E-state index in [0.717, 1.165) is 43.5 Å². The van der Waals surface area contributed by atoms with Crippen molar-refractivity contribution in [1.82, 2.24) is 15.0 Å². The summed E-state index contributed by atoms with van der Waals surface area (Å²) in [6.07, 6.45) is 4.95. The van der Waals surface area contributed by atoms with Gasteiger partial charge in [0.15, 0.2) is 0 Å². The van der Waals surface area contributed by atoms with Gasteiger partial charge in [-0.15, -0.1) is 0 Å². The van der Waals surface area contributed by atoms with Crippen molar-refractivity contribution in [3.8, 4) is 0 Å². The van der Waals surface area contributed by atoms with Crippen LogP contribution in [0.5, 0.6) is 0 Å². The summed E-state index contributed by atoms with van der Waals surface area (Å²) in [6.45, 7) is 9.55. The van der Waals surface area contributed by atoms with Crippen LogP contribution in [0.25, 0.3) is 0 Å². The van der Waals surface area contributed by atoms with Crippen LogP contribution in [-0.4, -0.2) is 34.6 Å². The zero-order chi connectivity index (χ0) is 14.4. The molecular formula is C15H27N5. The number of aromatic nitrogens is 2. The lowest BCUT2D eigenvalue weighted by Crippen LogP contribution is -2.35. The summed E-state index contributed by atoms with van der Waals surface area (Å²) in [4.78, 5) is 9.21. The molecule has 0 aromatic carbocycles. The van der Waals surface area contributed by atoms with E-state index < -0.39 is 0 Å². The van der Waals surface area contributed by atoms with Crippen molar-refractivity contribution in [2.75, 3.05) is 30.4 Å².